The van der Waals surface area contributed by atoms with E-state index in [-0.39, 0.29) is 11.9 Å². The molecule has 86 valence electrons. The summed E-state index contributed by atoms with van der Waals surface area (Å²) in [5.41, 5.74) is 5.42. The summed E-state index contributed by atoms with van der Waals surface area (Å²) in [6, 6.07) is 2.14. The van der Waals surface area contributed by atoms with Crippen molar-refractivity contribution in [3.05, 3.63) is 12.3 Å². The molecule has 0 atom stereocenters. The molecule has 1 aliphatic rings. The molecular weight excluding hydrogens is 206 g/mol. The van der Waals surface area contributed by atoms with Crippen molar-refractivity contribution in [2.75, 3.05) is 17.6 Å². The minimum Gasteiger partial charge on any atom is -0.369 e. The molecule has 0 unspecified atom stereocenters. The van der Waals surface area contributed by atoms with Gasteiger partial charge in [0, 0.05) is 25.2 Å². The van der Waals surface area contributed by atoms with E-state index in [4.69, 9.17) is 5.73 Å². The summed E-state index contributed by atoms with van der Waals surface area (Å²) in [4.78, 5) is 19.1. The first-order chi connectivity index (χ1) is 7.74. The largest absolute Gasteiger partial charge is 0.369 e. The topological polar surface area (TPSA) is 92.9 Å². The molecule has 1 fully saturated rings. The van der Waals surface area contributed by atoms with Gasteiger partial charge in [0.25, 0.3) is 0 Å². The van der Waals surface area contributed by atoms with Crippen molar-refractivity contribution in [1.82, 2.24) is 15.3 Å². The van der Waals surface area contributed by atoms with Gasteiger partial charge in [-0.25, -0.2) is 4.98 Å². The number of nitrogen functional groups attached to an aromatic ring is 1. The molecular formula is C10H15N5O. The van der Waals surface area contributed by atoms with Crippen LogP contribution >= 0.6 is 0 Å². The van der Waals surface area contributed by atoms with Gasteiger partial charge in [0.05, 0.1) is 0 Å². The monoisotopic (exact) mass is 221 g/mol. The first-order valence-electron chi connectivity index (χ1n) is 5.36. The molecule has 0 bridgehead atoms. The van der Waals surface area contributed by atoms with E-state index in [1.807, 2.05) is 0 Å². The molecule has 6 heteroatoms. The molecule has 1 saturated carbocycles. The van der Waals surface area contributed by atoms with Crippen LogP contribution in [0.3, 0.4) is 0 Å². The summed E-state index contributed by atoms with van der Waals surface area (Å²) in [5, 5.41) is 5.93. The van der Waals surface area contributed by atoms with Crippen molar-refractivity contribution in [3.63, 3.8) is 0 Å². The van der Waals surface area contributed by atoms with E-state index in [0.717, 1.165) is 12.8 Å². The number of carbonyl (C=O) groups excluding carboxylic acids is 1. The summed E-state index contributed by atoms with van der Waals surface area (Å²) in [6.45, 7) is 0.551. The summed E-state index contributed by atoms with van der Waals surface area (Å²) >= 11 is 0. The minimum absolute atomic E-state index is 0.0806. The Hall–Kier alpha value is -1.85. The van der Waals surface area contributed by atoms with Crippen molar-refractivity contribution in [2.45, 2.75) is 25.3 Å². The molecule has 1 heterocycles. The Morgan fingerprint density at radius 3 is 3.06 bits per heavy atom. The van der Waals surface area contributed by atoms with Crippen molar-refractivity contribution in [1.29, 1.82) is 0 Å². The normalized spacial score (nSPS) is 14.5. The van der Waals surface area contributed by atoms with Crippen LogP contribution in [0.25, 0.3) is 0 Å². The zero-order valence-electron chi connectivity index (χ0n) is 8.94. The lowest BCUT2D eigenvalue weighted by Crippen LogP contribution is -2.27. The number of nitrogens with two attached hydrogens (primary N) is 1. The second-order valence-corrected chi connectivity index (χ2v) is 3.82. The third kappa shape index (κ3) is 3.38. The van der Waals surface area contributed by atoms with Gasteiger partial charge in [0.2, 0.25) is 11.9 Å². The molecule has 0 aromatic carbocycles. The predicted molar refractivity (Wildman–Crippen MR) is 60.7 cm³/mol. The number of anilines is 2. The maximum absolute atomic E-state index is 11.3. The van der Waals surface area contributed by atoms with Crippen molar-refractivity contribution < 1.29 is 4.79 Å². The third-order valence-electron chi connectivity index (χ3n) is 2.27. The lowest BCUT2D eigenvalue weighted by molar-refractivity contribution is -0.120. The fourth-order valence-electron chi connectivity index (χ4n) is 1.30. The number of nitrogens with zero attached hydrogens (tertiary/aromatic N) is 2. The molecule has 0 saturated heterocycles. The van der Waals surface area contributed by atoms with Gasteiger partial charge in [-0.1, -0.05) is 0 Å². The Labute approximate surface area is 93.7 Å². The average molecular weight is 221 g/mol. The van der Waals surface area contributed by atoms with E-state index < -0.39 is 0 Å². The van der Waals surface area contributed by atoms with Gasteiger partial charge in [0.1, 0.15) is 5.82 Å². The summed E-state index contributed by atoms with van der Waals surface area (Å²) < 4.78 is 0. The fraction of sp³-hybridized carbons (Fsp3) is 0.500. The van der Waals surface area contributed by atoms with Crippen molar-refractivity contribution in [3.8, 4) is 0 Å². The Bertz CT molecular complexity index is 377. The van der Waals surface area contributed by atoms with Crippen LogP contribution in [0.4, 0.5) is 11.8 Å². The summed E-state index contributed by atoms with van der Waals surface area (Å²) in [5.74, 6) is 0.955. The standard InChI is InChI=1S/C10H15N5O/c11-10-13-5-3-8(15-10)12-6-4-9(16)14-7-1-2-7/h3,5,7H,1-2,4,6H2,(H,14,16)(H3,11,12,13,15). The van der Waals surface area contributed by atoms with Crippen molar-refractivity contribution in [2.24, 2.45) is 0 Å². The molecule has 1 aromatic heterocycles. The number of carbonyl (C=O) groups is 1. The number of rotatable bonds is 5. The van der Waals surface area contributed by atoms with Gasteiger partial charge in [-0.15, -0.1) is 0 Å². The first kappa shape index (κ1) is 10.7. The predicted octanol–water partition coefficient (Wildman–Crippen LogP) is 0.139. The Morgan fingerprint density at radius 1 is 1.56 bits per heavy atom. The van der Waals surface area contributed by atoms with Gasteiger partial charge in [0.15, 0.2) is 0 Å². The maximum Gasteiger partial charge on any atom is 0.221 e. The Balaban J connectivity index is 1.68. The van der Waals surface area contributed by atoms with Gasteiger partial charge < -0.3 is 16.4 Å². The second kappa shape index (κ2) is 4.78. The van der Waals surface area contributed by atoms with E-state index in [9.17, 15) is 4.79 Å². The van der Waals surface area contributed by atoms with Gasteiger partial charge >= 0.3 is 0 Å². The van der Waals surface area contributed by atoms with E-state index in [1.165, 1.54) is 0 Å². The highest BCUT2D eigenvalue weighted by atomic mass is 16.1. The number of hydrogen-bond acceptors (Lipinski definition) is 5. The molecule has 0 spiro atoms. The smallest absolute Gasteiger partial charge is 0.221 e. The van der Waals surface area contributed by atoms with E-state index in [0.29, 0.717) is 24.8 Å². The second-order valence-electron chi connectivity index (χ2n) is 3.82. The minimum atomic E-state index is 0.0806. The van der Waals surface area contributed by atoms with Gasteiger partial charge in [-0.2, -0.15) is 4.98 Å². The van der Waals surface area contributed by atoms with Crippen LogP contribution in [0, 0.1) is 0 Å². The van der Waals surface area contributed by atoms with Crippen LogP contribution in [0.15, 0.2) is 12.3 Å². The SMILES string of the molecule is Nc1nccc(NCCC(=O)NC2CC2)n1. The highest BCUT2D eigenvalue weighted by molar-refractivity contribution is 5.77. The van der Waals surface area contributed by atoms with Crippen LogP contribution in [0.5, 0.6) is 0 Å². The Kier molecular flexibility index (Phi) is 3.19. The van der Waals surface area contributed by atoms with Crippen molar-refractivity contribution >= 4 is 17.7 Å². The lowest BCUT2D eigenvalue weighted by atomic mass is 10.4. The van der Waals surface area contributed by atoms with Crippen LogP contribution in [0.1, 0.15) is 19.3 Å². The van der Waals surface area contributed by atoms with Crippen LogP contribution in [-0.2, 0) is 4.79 Å². The fourth-order valence-corrected chi connectivity index (χ4v) is 1.30. The molecule has 0 aliphatic heterocycles. The molecule has 2 rings (SSSR count). The third-order valence-corrected chi connectivity index (χ3v) is 2.27. The summed E-state index contributed by atoms with van der Waals surface area (Å²) in [6.07, 6.45) is 4.25. The van der Waals surface area contributed by atoms with Crippen LogP contribution < -0.4 is 16.4 Å². The Morgan fingerprint density at radius 2 is 2.38 bits per heavy atom. The van der Waals surface area contributed by atoms with Gasteiger partial charge in [-0.3, -0.25) is 4.79 Å². The van der Waals surface area contributed by atoms with E-state index >= 15 is 0 Å². The van der Waals surface area contributed by atoms with Crippen LogP contribution in [0.2, 0.25) is 0 Å². The lowest BCUT2D eigenvalue weighted by Gasteiger charge is -2.05. The molecule has 16 heavy (non-hydrogen) atoms. The zero-order chi connectivity index (χ0) is 11.4. The molecule has 1 aliphatic carbocycles. The average Bonchev–Trinajstić information content (AvgIpc) is 3.02. The molecule has 0 radical (unpaired) electrons. The van der Waals surface area contributed by atoms with E-state index in [1.54, 1.807) is 12.3 Å². The maximum atomic E-state index is 11.3. The van der Waals surface area contributed by atoms with Gasteiger partial charge in [-0.05, 0) is 18.9 Å². The molecule has 1 amide bonds. The molecule has 4 N–H and O–H groups in total. The molecule has 6 nitrogen and oxygen atoms in total. The number of amides is 1. The number of nitrogens with one attached hydrogen (secondary N) is 2. The number of aromatic nitrogens is 2. The first-order valence-corrected chi connectivity index (χ1v) is 5.36. The summed E-state index contributed by atoms with van der Waals surface area (Å²) in [7, 11) is 0. The zero-order valence-corrected chi connectivity index (χ0v) is 8.94. The quantitative estimate of drug-likeness (QED) is 0.657. The van der Waals surface area contributed by atoms with E-state index in [2.05, 4.69) is 20.6 Å². The molecule has 1 aromatic rings. The highest BCUT2D eigenvalue weighted by Gasteiger charge is 2.22. The highest BCUT2D eigenvalue weighted by Crippen LogP contribution is 2.18. The number of hydrogen-bond donors (Lipinski definition) is 3. The van der Waals surface area contributed by atoms with Crippen LogP contribution in [-0.4, -0.2) is 28.5 Å².